The highest BCUT2D eigenvalue weighted by atomic mass is 19.4. The number of alkyl halides is 3. The van der Waals surface area contributed by atoms with Gasteiger partial charge in [0.25, 0.3) is 5.56 Å². The molecule has 0 fully saturated rings. The molecule has 1 atom stereocenters. The Morgan fingerprint density at radius 3 is 2.50 bits per heavy atom. The first-order valence-corrected chi connectivity index (χ1v) is 8.41. The first-order valence-electron chi connectivity index (χ1n) is 8.41. The molecule has 7 nitrogen and oxygen atoms in total. The van der Waals surface area contributed by atoms with E-state index in [2.05, 4.69) is 25.3 Å². The van der Waals surface area contributed by atoms with E-state index in [9.17, 15) is 18.0 Å². The Morgan fingerprint density at radius 1 is 1.18 bits per heavy atom. The fourth-order valence-electron chi connectivity index (χ4n) is 3.10. The average molecular weight is 388 g/mol. The second kappa shape index (κ2) is 6.32. The lowest BCUT2D eigenvalue weighted by Gasteiger charge is -2.15. The zero-order valence-corrected chi connectivity index (χ0v) is 14.9. The van der Waals surface area contributed by atoms with Crippen LogP contribution in [0.2, 0.25) is 0 Å². The van der Waals surface area contributed by atoms with Crippen molar-refractivity contribution in [1.29, 1.82) is 0 Å². The molecule has 0 saturated carbocycles. The molecule has 0 saturated heterocycles. The van der Waals surface area contributed by atoms with Gasteiger partial charge in [0.15, 0.2) is 5.65 Å². The maximum atomic E-state index is 12.8. The highest BCUT2D eigenvalue weighted by molar-refractivity contribution is 5.90. The van der Waals surface area contributed by atoms with Crippen LogP contribution in [-0.4, -0.2) is 29.9 Å². The summed E-state index contributed by atoms with van der Waals surface area (Å²) in [5.41, 5.74) is 0.902. The number of aryl methyl sites for hydroxylation is 1. The number of fused-ring (bicyclic) bond motifs is 1. The van der Waals surface area contributed by atoms with Crippen molar-refractivity contribution in [3.05, 3.63) is 64.0 Å². The Labute approximate surface area is 156 Å². The molecular formula is C18H15F3N6O. The average Bonchev–Trinajstić information content (AvgIpc) is 3.28. The molecule has 28 heavy (non-hydrogen) atoms. The van der Waals surface area contributed by atoms with Gasteiger partial charge in [0.1, 0.15) is 16.9 Å². The highest BCUT2D eigenvalue weighted by Crippen LogP contribution is 2.32. The predicted octanol–water partition coefficient (Wildman–Crippen LogP) is 3.45. The maximum Gasteiger partial charge on any atom is 0.416 e. The fraction of sp³-hybridized carbons (Fsp3) is 0.222. The van der Waals surface area contributed by atoms with Gasteiger partial charge in [0.2, 0.25) is 0 Å². The molecule has 0 spiro atoms. The molecule has 0 radical (unpaired) electrons. The minimum absolute atomic E-state index is 0.297. The summed E-state index contributed by atoms with van der Waals surface area (Å²) in [5, 5.41) is 11.4. The van der Waals surface area contributed by atoms with Crippen molar-refractivity contribution in [2.75, 3.05) is 0 Å². The van der Waals surface area contributed by atoms with Crippen LogP contribution in [0, 0.1) is 6.92 Å². The van der Waals surface area contributed by atoms with E-state index < -0.39 is 17.8 Å². The van der Waals surface area contributed by atoms with E-state index in [-0.39, 0.29) is 5.56 Å². The number of hydrogen-bond donors (Lipinski definition) is 2. The van der Waals surface area contributed by atoms with Gasteiger partial charge in [-0.25, -0.2) is 9.67 Å². The van der Waals surface area contributed by atoms with Crippen LogP contribution in [0.4, 0.5) is 13.2 Å². The van der Waals surface area contributed by atoms with E-state index in [0.717, 1.165) is 12.1 Å². The van der Waals surface area contributed by atoms with Crippen LogP contribution in [0.25, 0.3) is 22.3 Å². The summed E-state index contributed by atoms with van der Waals surface area (Å²) in [6.07, 6.45) is -1.26. The number of aromatic amines is 2. The number of rotatable bonds is 3. The maximum absolute atomic E-state index is 12.8. The Hall–Kier alpha value is -3.43. The molecule has 0 aliphatic rings. The summed E-state index contributed by atoms with van der Waals surface area (Å²) in [4.78, 5) is 19.6. The molecule has 4 rings (SSSR count). The Bertz CT molecular complexity index is 1190. The van der Waals surface area contributed by atoms with E-state index in [1.54, 1.807) is 24.7 Å². The van der Waals surface area contributed by atoms with Crippen LogP contribution >= 0.6 is 0 Å². The van der Waals surface area contributed by atoms with Crippen LogP contribution < -0.4 is 5.56 Å². The van der Waals surface area contributed by atoms with Crippen LogP contribution in [0.3, 0.4) is 0 Å². The number of nitrogens with zero attached hydrogens (tertiary/aromatic N) is 4. The highest BCUT2D eigenvalue weighted by Gasteiger charge is 2.30. The van der Waals surface area contributed by atoms with Crippen molar-refractivity contribution >= 4 is 11.0 Å². The van der Waals surface area contributed by atoms with E-state index >= 15 is 0 Å². The number of H-pyrrole nitrogens is 2. The molecule has 10 heteroatoms. The van der Waals surface area contributed by atoms with Crippen LogP contribution in [0.1, 0.15) is 29.9 Å². The third-order valence-electron chi connectivity index (χ3n) is 4.54. The lowest BCUT2D eigenvalue weighted by molar-refractivity contribution is -0.137. The van der Waals surface area contributed by atoms with Crippen molar-refractivity contribution in [3.8, 4) is 11.3 Å². The lowest BCUT2D eigenvalue weighted by Crippen LogP contribution is -2.13. The first-order chi connectivity index (χ1) is 13.3. The van der Waals surface area contributed by atoms with Gasteiger partial charge in [-0.15, -0.1) is 0 Å². The van der Waals surface area contributed by atoms with Crippen molar-refractivity contribution in [3.63, 3.8) is 0 Å². The molecule has 0 bridgehead atoms. The molecule has 1 aromatic carbocycles. The van der Waals surface area contributed by atoms with Gasteiger partial charge < -0.3 is 4.98 Å². The largest absolute Gasteiger partial charge is 0.416 e. The normalized spacial score (nSPS) is 13.2. The van der Waals surface area contributed by atoms with Crippen LogP contribution in [0.5, 0.6) is 0 Å². The molecule has 0 unspecified atom stereocenters. The van der Waals surface area contributed by atoms with E-state index in [1.807, 2.05) is 0 Å². The smallest absolute Gasteiger partial charge is 0.310 e. The van der Waals surface area contributed by atoms with Crippen molar-refractivity contribution in [2.45, 2.75) is 26.1 Å². The summed E-state index contributed by atoms with van der Waals surface area (Å²) >= 11 is 0. The molecule has 4 aromatic rings. The Morgan fingerprint density at radius 2 is 1.89 bits per heavy atom. The lowest BCUT2D eigenvalue weighted by atomic mass is 10.1. The Balaban J connectivity index is 1.88. The van der Waals surface area contributed by atoms with Gasteiger partial charge in [-0.05, 0) is 31.5 Å². The zero-order chi connectivity index (χ0) is 20.1. The minimum atomic E-state index is -4.40. The van der Waals surface area contributed by atoms with Crippen molar-refractivity contribution in [1.82, 2.24) is 29.9 Å². The number of benzene rings is 1. The topological polar surface area (TPSA) is 92.2 Å². The monoisotopic (exact) mass is 388 g/mol. The molecule has 0 aliphatic carbocycles. The fourth-order valence-corrected chi connectivity index (χ4v) is 3.10. The van der Waals surface area contributed by atoms with E-state index in [0.29, 0.717) is 33.7 Å². The summed E-state index contributed by atoms with van der Waals surface area (Å²) in [7, 11) is 0. The van der Waals surface area contributed by atoms with E-state index in [4.69, 9.17) is 0 Å². The van der Waals surface area contributed by atoms with Gasteiger partial charge in [-0.3, -0.25) is 9.89 Å². The molecule has 2 N–H and O–H groups in total. The number of aromatic nitrogens is 6. The van der Waals surface area contributed by atoms with Gasteiger partial charge >= 0.3 is 6.18 Å². The third kappa shape index (κ3) is 2.96. The number of nitrogens with one attached hydrogen (secondary N) is 2. The second-order valence-electron chi connectivity index (χ2n) is 6.43. The molecule has 0 aliphatic heterocycles. The van der Waals surface area contributed by atoms with Crippen molar-refractivity contribution < 1.29 is 13.2 Å². The standard InChI is InChI=1S/C18H15F3N6O/c1-9(11-3-5-13(6-4-11)18(19,20)21)27-16-14(17(28)25-10(2)24-16)15(26-27)12-7-22-23-8-12/h3-9H,1-2H3,(H,22,23)(H,24,25,28)/t9-/m0/s1. The van der Waals surface area contributed by atoms with E-state index in [1.165, 1.54) is 18.3 Å². The third-order valence-corrected chi connectivity index (χ3v) is 4.54. The summed E-state index contributed by atoms with van der Waals surface area (Å²) in [5.74, 6) is 0.414. The quantitative estimate of drug-likeness (QED) is 0.562. The minimum Gasteiger partial charge on any atom is -0.310 e. The SMILES string of the molecule is Cc1nc2c(c(-c3cn[nH]c3)nn2[C@@H](C)c2ccc(C(F)(F)F)cc2)c(=O)[nH]1. The van der Waals surface area contributed by atoms with Crippen molar-refractivity contribution in [2.24, 2.45) is 0 Å². The molecular weight excluding hydrogens is 373 g/mol. The first kappa shape index (κ1) is 18.0. The van der Waals surface area contributed by atoms with Gasteiger partial charge in [-0.2, -0.15) is 23.4 Å². The predicted molar refractivity (Wildman–Crippen MR) is 95.7 cm³/mol. The summed E-state index contributed by atoms with van der Waals surface area (Å²) < 4.78 is 40.0. The second-order valence-corrected chi connectivity index (χ2v) is 6.43. The molecule has 0 amide bonds. The van der Waals surface area contributed by atoms with Crippen LogP contribution in [-0.2, 0) is 6.18 Å². The number of halogens is 3. The summed E-state index contributed by atoms with van der Waals surface area (Å²) in [6, 6.07) is 4.41. The van der Waals surface area contributed by atoms with Gasteiger partial charge in [0.05, 0.1) is 17.8 Å². The summed E-state index contributed by atoms with van der Waals surface area (Å²) in [6.45, 7) is 3.44. The molecule has 3 aromatic heterocycles. The molecule has 144 valence electrons. The number of hydrogen-bond acceptors (Lipinski definition) is 4. The van der Waals surface area contributed by atoms with Gasteiger partial charge in [-0.1, -0.05) is 12.1 Å². The Kier molecular flexibility index (Phi) is 4.06. The van der Waals surface area contributed by atoms with Gasteiger partial charge in [0, 0.05) is 11.8 Å². The molecule has 3 heterocycles. The zero-order valence-electron chi connectivity index (χ0n) is 14.9. The van der Waals surface area contributed by atoms with Crippen LogP contribution in [0.15, 0.2) is 41.5 Å².